The Kier molecular flexibility index (Phi) is 4.39. The summed E-state index contributed by atoms with van der Waals surface area (Å²) in [6.07, 6.45) is 4.85. The fourth-order valence-electron chi connectivity index (χ4n) is 2.97. The van der Waals surface area contributed by atoms with Gasteiger partial charge in [-0.05, 0) is 37.2 Å². The number of ether oxygens (including phenoxy) is 1. The molecule has 0 unspecified atom stereocenters. The molecule has 0 radical (unpaired) electrons. The second kappa shape index (κ2) is 6.62. The average molecular weight is 295 g/mol. The molecule has 4 heteroatoms. The van der Waals surface area contributed by atoms with Crippen LogP contribution in [-0.2, 0) is 0 Å². The van der Waals surface area contributed by atoms with E-state index in [0.29, 0.717) is 5.92 Å². The monoisotopic (exact) mass is 295 g/mol. The summed E-state index contributed by atoms with van der Waals surface area (Å²) in [5.74, 6) is 1.17. The Hall–Kier alpha value is -2.33. The number of benzene rings is 1. The van der Waals surface area contributed by atoms with Crippen molar-refractivity contribution in [3.63, 3.8) is 0 Å². The quantitative estimate of drug-likeness (QED) is 0.733. The minimum atomic E-state index is 0.306. The van der Waals surface area contributed by atoms with Crippen LogP contribution in [0.4, 0.5) is 0 Å². The van der Waals surface area contributed by atoms with Gasteiger partial charge in [0.2, 0.25) is 0 Å². The number of hydrogen-bond acceptors (Lipinski definition) is 3. The third-order valence-corrected chi connectivity index (χ3v) is 4.05. The molecule has 22 heavy (non-hydrogen) atoms. The number of nitrogens with zero attached hydrogens (tertiary/aromatic N) is 1. The van der Waals surface area contributed by atoms with Crippen LogP contribution in [0.2, 0.25) is 0 Å². The molecule has 4 nitrogen and oxygen atoms in total. The maximum absolute atomic E-state index is 5.54. The van der Waals surface area contributed by atoms with E-state index < -0.39 is 0 Å². The molecule has 1 aromatic carbocycles. The fraction of sp³-hybridized carbons (Fsp3) is 0.278. The molecule has 0 aliphatic carbocycles. The smallest absolute Gasteiger partial charge is 0.141 e. The number of H-pyrrole nitrogens is 1. The summed E-state index contributed by atoms with van der Waals surface area (Å²) in [7, 11) is 3.69. The van der Waals surface area contributed by atoms with Gasteiger partial charge in [0.25, 0.3) is 0 Å². The van der Waals surface area contributed by atoms with Crippen LogP contribution in [0.25, 0.3) is 11.0 Å². The standard InChI is InChI=1S/C18H21N3O/c1-19-10-8-14(13-6-4-3-5-7-13)15-12-21-18-17(15)16(22-2)9-11-20-18/h3-7,9,11-12,14,19H,8,10H2,1-2H3,(H,20,21)/t14-/m1/s1. The van der Waals surface area contributed by atoms with Gasteiger partial charge < -0.3 is 15.0 Å². The van der Waals surface area contributed by atoms with Gasteiger partial charge in [0.1, 0.15) is 11.4 Å². The predicted molar refractivity (Wildman–Crippen MR) is 89.5 cm³/mol. The van der Waals surface area contributed by atoms with Crippen LogP contribution in [0.15, 0.2) is 48.8 Å². The fourth-order valence-corrected chi connectivity index (χ4v) is 2.97. The number of aromatic amines is 1. The van der Waals surface area contributed by atoms with E-state index in [-0.39, 0.29) is 0 Å². The van der Waals surface area contributed by atoms with E-state index in [1.165, 1.54) is 11.1 Å². The zero-order chi connectivity index (χ0) is 15.4. The molecule has 0 bridgehead atoms. The number of methoxy groups -OCH3 is 1. The summed E-state index contributed by atoms with van der Waals surface area (Å²) in [6.45, 7) is 0.953. The minimum absolute atomic E-state index is 0.306. The highest BCUT2D eigenvalue weighted by atomic mass is 16.5. The SMILES string of the molecule is CNCC[C@H](c1ccccc1)c1c[nH]c2nccc(OC)c12. The van der Waals surface area contributed by atoms with E-state index in [1.54, 1.807) is 13.3 Å². The first-order valence-electron chi connectivity index (χ1n) is 7.54. The molecule has 3 aromatic rings. The first kappa shape index (κ1) is 14.6. The van der Waals surface area contributed by atoms with Crippen molar-refractivity contribution in [2.24, 2.45) is 0 Å². The number of aromatic nitrogens is 2. The maximum Gasteiger partial charge on any atom is 0.141 e. The lowest BCUT2D eigenvalue weighted by atomic mass is 9.88. The molecular formula is C18H21N3O. The first-order chi connectivity index (χ1) is 10.8. The molecule has 3 rings (SSSR count). The van der Waals surface area contributed by atoms with Crippen molar-refractivity contribution in [2.75, 3.05) is 20.7 Å². The zero-order valence-corrected chi connectivity index (χ0v) is 13.0. The molecule has 0 spiro atoms. The number of nitrogens with one attached hydrogen (secondary N) is 2. The van der Waals surface area contributed by atoms with Crippen LogP contribution in [0.1, 0.15) is 23.5 Å². The van der Waals surface area contributed by atoms with Gasteiger partial charge in [0.05, 0.1) is 12.5 Å². The van der Waals surface area contributed by atoms with Crippen LogP contribution in [0.3, 0.4) is 0 Å². The summed E-state index contributed by atoms with van der Waals surface area (Å²) >= 11 is 0. The summed E-state index contributed by atoms with van der Waals surface area (Å²) < 4.78 is 5.54. The largest absolute Gasteiger partial charge is 0.496 e. The summed E-state index contributed by atoms with van der Waals surface area (Å²) in [4.78, 5) is 7.69. The van der Waals surface area contributed by atoms with Crippen molar-refractivity contribution in [3.05, 3.63) is 59.9 Å². The average Bonchev–Trinajstić information content (AvgIpc) is 3.00. The Morgan fingerprint density at radius 3 is 2.77 bits per heavy atom. The van der Waals surface area contributed by atoms with Crippen molar-refractivity contribution >= 4 is 11.0 Å². The van der Waals surface area contributed by atoms with Crippen LogP contribution >= 0.6 is 0 Å². The molecule has 0 saturated heterocycles. The lowest BCUT2D eigenvalue weighted by Gasteiger charge is -2.17. The minimum Gasteiger partial charge on any atom is -0.496 e. The van der Waals surface area contributed by atoms with E-state index in [9.17, 15) is 0 Å². The third-order valence-electron chi connectivity index (χ3n) is 4.05. The Morgan fingerprint density at radius 1 is 1.23 bits per heavy atom. The van der Waals surface area contributed by atoms with Crippen molar-refractivity contribution < 1.29 is 4.74 Å². The maximum atomic E-state index is 5.54. The number of hydrogen-bond donors (Lipinski definition) is 2. The third kappa shape index (κ3) is 2.70. The molecule has 1 atom stereocenters. The Morgan fingerprint density at radius 2 is 2.05 bits per heavy atom. The number of rotatable bonds is 6. The second-order valence-corrected chi connectivity index (χ2v) is 5.34. The van der Waals surface area contributed by atoms with Gasteiger partial charge in [0.15, 0.2) is 0 Å². The molecule has 0 fully saturated rings. The van der Waals surface area contributed by atoms with E-state index >= 15 is 0 Å². The molecule has 2 heterocycles. The predicted octanol–water partition coefficient (Wildman–Crippen LogP) is 3.31. The van der Waals surface area contributed by atoms with Crippen LogP contribution in [0.5, 0.6) is 5.75 Å². The van der Waals surface area contributed by atoms with Crippen molar-refractivity contribution in [1.29, 1.82) is 0 Å². The first-order valence-corrected chi connectivity index (χ1v) is 7.54. The van der Waals surface area contributed by atoms with Crippen LogP contribution in [-0.4, -0.2) is 30.7 Å². The van der Waals surface area contributed by atoms with Gasteiger partial charge in [-0.2, -0.15) is 0 Å². The highest BCUT2D eigenvalue weighted by Gasteiger charge is 2.20. The molecule has 2 aromatic heterocycles. The highest BCUT2D eigenvalue weighted by Crippen LogP contribution is 2.36. The topological polar surface area (TPSA) is 49.9 Å². The van der Waals surface area contributed by atoms with Gasteiger partial charge in [-0.3, -0.25) is 0 Å². The van der Waals surface area contributed by atoms with Crippen LogP contribution < -0.4 is 10.1 Å². The zero-order valence-electron chi connectivity index (χ0n) is 13.0. The normalized spacial score (nSPS) is 12.5. The van der Waals surface area contributed by atoms with Gasteiger partial charge in [-0.25, -0.2) is 4.98 Å². The molecule has 2 N–H and O–H groups in total. The lowest BCUT2D eigenvalue weighted by Crippen LogP contribution is -2.13. The number of fused-ring (bicyclic) bond motifs is 1. The van der Waals surface area contributed by atoms with Gasteiger partial charge in [-0.15, -0.1) is 0 Å². The molecular weight excluding hydrogens is 274 g/mol. The molecule has 0 aliphatic heterocycles. The molecule has 0 amide bonds. The Labute approximate surface area is 130 Å². The van der Waals surface area contributed by atoms with Crippen molar-refractivity contribution in [3.8, 4) is 5.75 Å². The number of pyridine rings is 1. The molecule has 0 saturated carbocycles. The summed E-state index contributed by atoms with van der Waals surface area (Å²) in [5, 5.41) is 4.33. The van der Waals surface area contributed by atoms with Gasteiger partial charge in [0, 0.05) is 18.3 Å². The second-order valence-electron chi connectivity index (χ2n) is 5.34. The summed E-state index contributed by atoms with van der Waals surface area (Å²) in [6, 6.07) is 12.5. The van der Waals surface area contributed by atoms with E-state index in [4.69, 9.17) is 4.74 Å². The van der Waals surface area contributed by atoms with E-state index in [2.05, 4.69) is 51.8 Å². The van der Waals surface area contributed by atoms with Gasteiger partial charge in [-0.1, -0.05) is 30.3 Å². The van der Waals surface area contributed by atoms with Gasteiger partial charge >= 0.3 is 0 Å². The van der Waals surface area contributed by atoms with E-state index in [0.717, 1.165) is 29.7 Å². The van der Waals surface area contributed by atoms with Crippen molar-refractivity contribution in [2.45, 2.75) is 12.3 Å². The van der Waals surface area contributed by atoms with E-state index in [1.807, 2.05) is 13.1 Å². The highest BCUT2D eigenvalue weighted by molar-refractivity contribution is 5.87. The van der Waals surface area contributed by atoms with Crippen molar-refractivity contribution in [1.82, 2.24) is 15.3 Å². The lowest BCUT2D eigenvalue weighted by molar-refractivity contribution is 0.419. The Bertz CT molecular complexity index is 736. The van der Waals surface area contributed by atoms with Crippen LogP contribution in [0, 0.1) is 0 Å². The molecule has 114 valence electrons. The Balaban J connectivity index is 2.12. The summed E-state index contributed by atoms with van der Waals surface area (Å²) in [5.41, 5.74) is 3.42. The molecule has 0 aliphatic rings.